The van der Waals surface area contributed by atoms with Gasteiger partial charge in [0, 0.05) is 6.42 Å². The summed E-state index contributed by atoms with van der Waals surface area (Å²) >= 11 is 0. The van der Waals surface area contributed by atoms with E-state index in [0.717, 1.165) is 38.5 Å². The number of alkyl halides is 2. The van der Waals surface area contributed by atoms with Crippen molar-refractivity contribution in [2.45, 2.75) is 122 Å². The molecule has 2 aliphatic carbocycles. The first-order valence-electron chi connectivity index (χ1n) is 11.2. The molecule has 0 radical (unpaired) electrons. The largest absolute Gasteiger partial charge is 0.375 e. The van der Waals surface area contributed by atoms with Gasteiger partial charge in [0.15, 0.2) is 0 Å². The highest BCUT2D eigenvalue weighted by Gasteiger charge is 2.38. The Morgan fingerprint density at radius 1 is 0.759 bits per heavy atom. The van der Waals surface area contributed by atoms with Gasteiger partial charge in [0.1, 0.15) is 6.61 Å². The molecule has 0 atom stereocenters. The molecule has 172 valence electrons. The molecule has 0 unspecified atom stereocenters. The Morgan fingerprint density at radius 2 is 1.38 bits per heavy atom. The molecular weight excluding hydrogens is 378 g/mol. The first-order valence-corrected chi connectivity index (χ1v) is 11.2. The van der Waals surface area contributed by atoms with Gasteiger partial charge in [-0.3, -0.25) is 0 Å². The monoisotopic (exact) mass is 420 g/mol. The van der Waals surface area contributed by atoms with Crippen molar-refractivity contribution in [1.29, 1.82) is 0 Å². The Labute approximate surface area is 176 Å². The van der Waals surface area contributed by atoms with Gasteiger partial charge < -0.3 is 18.9 Å². The Hall–Kier alpha value is -0.300. The van der Waals surface area contributed by atoms with E-state index in [4.69, 9.17) is 18.9 Å². The minimum Gasteiger partial charge on any atom is -0.375 e. The predicted molar refractivity (Wildman–Crippen MR) is 111 cm³/mol. The average Bonchev–Trinajstić information content (AvgIpc) is 2.51. The summed E-state index contributed by atoms with van der Waals surface area (Å²) in [5.74, 6) is -2.72. The summed E-state index contributed by atoms with van der Waals surface area (Å²) in [6.07, 6.45) is 5.96. The minimum absolute atomic E-state index is 0.0534. The van der Waals surface area contributed by atoms with Crippen LogP contribution in [0.25, 0.3) is 0 Å². The number of ether oxygens (including phenoxy) is 4. The molecule has 0 spiro atoms. The third-order valence-electron chi connectivity index (χ3n) is 5.41. The fraction of sp³-hybridized carbons (Fsp3) is 1.00. The van der Waals surface area contributed by atoms with E-state index in [2.05, 4.69) is 20.8 Å². The zero-order valence-corrected chi connectivity index (χ0v) is 19.3. The van der Waals surface area contributed by atoms with E-state index < -0.39 is 12.5 Å². The molecule has 29 heavy (non-hydrogen) atoms. The summed E-state index contributed by atoms with van der Waals surface area (Å²) in [7, 11) is 0. The quantitative estimate of drug-likeness (QED) is 0.421. The van der Waals surface area contributed by atoms with Crippen molar-refractivity contribution in [3.63, 3.8) is 0 Å². The molecule has 2 fully saturated rings. The van der Waals surface area contributed by atoms with Crippen LogP contribution in [0.15, 0.2) is 0 Å². The van der Waals surface area contributed by atoms with Crippen molar-refractivity contribution >= 4 is 0 Å². The Bertz CT molecular complexity index is 470. The molecule has 0 heterocycles. The van der Waals surface area contributed by atoms with Crippen molar-refractivity contribution in [2.75, 3.05) is 19.8 Å². The topological polar surface area (TPSA) is 36.9 Å². The second kappa shape index (κ2) is 10.3. The van der Waals surface area contributed by atoms with Gasteiger partial charge in [0.25, 0.3) is 5.92 Å². The van der Waals surface area contributed by atoms with E-state index in [-0.39, 0.29) is 42.4 Å². The maximum absolute atomic E-state index is 14.2. The molecule has 6 heteroatoms. The summed E-state index contributed by atoms with van der Waals surface area (Å²) in [5, 5.41) is 0. The maximum atomic E-state index is 14.2. The van der Waals surface area contributed by atoms with Gasteiger partial charge in [-0.15, -0.1) is 0 Å². The first-order chi connectivity index (χ1) is 13.3. The van der Waals surface area contributed by atoms with Crippen molar-refractivity contribution in [1.82, 2.24) is 0 Å². The molecule has 2 rings (SSSR count). The van der Waals surface area contributed by atoms with Crippen LogP contribution in [0.5, 0.6) is 0 Å². The summed E-state index contributed by atoms with van der Waals surface area (Å²) in [5.41, 5.74) is -0.380. The SMILES string of the molecule is CC(C)(C)OCCOCC(F)(F)CC1CCC(OC2CC(OC(C)(C)C)C2)CC1. The Kier molecular flexibility index (Phi) is 8.90. The smallest absolute Gasteiger partial charge is 0.271 e. The summed E-state index contributed by atoms with van der Waals surface area (Å²) in [6.45, 7) is 12.0. The molecule has 0 aromatic rings. The van der Waals surface area contributed by atoms with E-state index in [0.29, 0.717) is 12.7 Å². The van der Waals surface area contributed by atoms with Crippen LogP contribution >= 0.6 is 0 Å². The van der Waals surface area contributed by atoms with E-state index in [1.165, 1.54) is 0 Å². The van der Waals surface area contributed by atoms with Gasteiger partial charge in [-0.2, -0.15) is 0 Å². The van der Waals surface area contributed by atoms with Gasteiger partial charge in [0.2, 0.25) is 0 Å². The van der Waals surface area contributed by atoms with Crippen LogP contribution < -0.4 is 0 Å². The lowest BCUT2D eigenvalue weighted by molar-refractivity contribution is -0.168. The number of hydrogen-bond acceptors (Lipinski definition) is 4. The molecule has 2 aliphatic rings. The lowest BCUT2D eigenvalue weighted by Crippen LogP contribution is -2.43. The van der Waals surface area contributed by atoms with Gasteiger partial charge in [-0.1, -0.05) is 0 Å². The highest BCUT2D eigenvalue weighted by Crippen LogP contribution is 2.37. The summed E-state index contributed by atoms with van der Waals surface area (Å²) < 4.78 is 51.2. The van der Waals surface area contributed by atoms with Crippen LogP contribution in [0.1, 0.15) is 86.5 Å². The highest BCUT2D eigenvalue weighted by atomic mass is 19.3. The molecule has 0 aromatic heterocycles. The molecule has 4 nitrogen and oxygen atoms in total. The van der Waals surface area contributed by atoms with Crippen LogP contribution in [0, 0.1) is 5.92 Å². The maximum Gasteiger partial charge on any atom is 0.271 e. The zero-order chi connectivity index (χ0) is 21.7. The number of halogens is 2. The van der Waals surface area contributed by atoms with E-state index in [1.54, 1.807) is 0 Å². The average molecular weight is 421 g/mol. The highest BCUT2D eigenvalue weighted by molar-refractivity contribution is 4.86. The molecular formula is C23H42F2O4. The molecule has 0 aliphatic heterocycles. The van der Waals surface area contributed by atoms with Crippen LogP contribution in [0.2, 0.25) is 0 Å². The fourth-order valence-electron chi connectivity index (χ4n) is 4.08. The summed E-state index contributed by atoms with van der Waals surface area (Å²) in [6, 6.07) is 0. The molecule has 0 amide bonds. The van der Waals surface area contributed by atoms with Crippen molar-refractivity contribution in [3.05, 3.63) is 0 Å². The van der Waals surface area contributed by atoms with Gasteiger partial charge in [-0.25, -0.2) is 8.78 Å². The van der Waals surface area contributed by atoms with Crippen molar-refractivity contribution in [3.8, 4) is 0 Å². The fourth-order valence-corrected chi connectivity index (χ4v) is 4.08. The standard InChI is InChI=1S/C23H42F2O4/c1-21(2,3)27-12-11-26-16-23(24,25)15-17-7-9-18(10-8-17)28-19-13-20(14-19)29-22(4,5)6/h17-20H,7-16H2,1-6H3. The molecule has 0 N–H and O–H groups in total. The second-order valence-corrected chi connectivity index (χ2v) is 10.8. The van der Waals surface area contributed by atoms with Crippen LogP contribution in [0.4, 0.5) is 8.78 Å². The normalized spacial score (nSPS) is 29.0. The number of hydrogen-bond donors (Lipinski definition) is 0. The third-order valence-corrected chi connectivity index (χ3v) is 5.41. The van der Waals surface area contributed by atoms with Crippen molar-refractivity contribution < 1.29 is 27.7 Å². The summed E-state index contributed by atoms with van der Waals surface area (Å²) in [4.78, 5) is 0. The van der Waals surface area contributed by atoms with Gasteiger partial charge in [-0.05, 0) is 86.0 Å². The molecule has 2 saturated carbocycles. The number of rotatable bonds is 10. The van der Waals surface area contributed by atoms with Crippen LogP contribution in [0.3, 0.4) is 0 Å². The lowest BCUT2D eigenvalue weighted by atomic mass is 9.83. The Balaban J connectivity index is 1.56. The van der Waals surface area contributed by atoms with Crippen molar-refractivity contribution in [2.24, 2.45) is 5.92 Å². The van der Waals surface area contributed by atoms with Gasteiger partial charge in [0.05, 0.1) is 42.7 Å². The van der Waals surface area contributed by atoms with Crippen LogP contribution in [-0.4, -0.2) is 55.3 Å². The lowest BCUT2D eigenvalue weighted by Gasteiger charge is -2.41. The van der Waals surface area contributed by atoms with Gasteiger partial charge >= 0.3 is 0 Å². The van der Waals surface area contributed by atoms with E-state index in [1.807, 2.05) is 20.8 Å². The minimum atomic E-state index is -2.77. The predicted octanol–water partition coefficient (Wildman–Crippen LogP) is 5.77. The zero-order valence-electron chi connectivity index (χ0n) is 19.3. The molecule has 0 aromatic carbocycles. The van der Waals surface area contributed by atoms with E-state index >= 15 is 0 Å². The van der Waals surface area contributed by atoms with E-state index in [9.17, 15) is 8.78 Å². The molecule has 0 saturated heterocycles. The first kappa shape index (κ1) is 25.0. The third kappa shape index (κ3) is 10.5. The second-order valence-electron chi connectivity index (χ2n) is 10.8. The Morgan fingerprint density at radius 3 is 1.93 bits per heavy atom. The van der Waals surface area contributed by atoms with Crippen LogP contribution in [-0.2, 0) is 18.9 Å². The molecule has 0 bridgehead atoms.